The number of hydrogen-bond donors (Lipinski definition) is 0. The molecule has 0 heterocycles. The van der Waals surface area contributed by atoms with Crippen molar-refractivity contribution in [2.45, 2.75) is 56.7 Å². The van der Waals surface area contributed by atoms with Gasteiger partial charge in [0.05, 0.1) is 5.69 Å². The van der Waals surface area contributed by atoms with E-state index < -0.39 is 0 Å². The predicted molar refractivity (Wildman–Crippen MR) is 265 cm³/mol. The Labute approximate surface area is 367 Å². The molecule has 0 saturated heterocycles. The van der Waals surface area contributed by atoms with Crippen molar-refractivity contribution >= 4 is 39.6 Å². The van der Waals surface area contributed by atoms with E-state index in [9.17, 15) is 0 Å². The maximum absolute atomic E-state index is 2.47. The third kappa shape index (κ3) is 8.55. The first kappa shape index (κ1) is 41.1. The van der Waals surface area contributed by atoms with Crippen molar-refractivity contribution in [2.24, 2.45) is 0 Å². The predicted octanol–water partition coefficient (Wildman–Crippen LogP) is 17.4. The molecule has 0 saturated carbocycles. The van der Waals surface area contributed by atoms with Gasteiger partial charge in [-0.3, -0.25) is 0 Å². The largest absolute Gasteiger partial charge is 0.310 e. The maximum Gasteiger partial charge on any atom is 0.0543 e. The van der Waals surface area contributed by atoms with Gasteiger partial charge in [0.15, 0.2) is 0 Å². The van der Waals surface area contributed by atoms with E-state index in [0.29, 0.717) is 0 Å². The van der Waals surface area contributed by atoms with E-state index in [2.05, 4.69) is 227 Å². The Morgan fingerprint density at radius 2 is 0.984 bits per heavy atom. The monoisotopic (exact) mass is 807 g/mol. The van der Waals surface area contributed by atoms with Gasteiger partial charge in [-0.05, 0) is 130 Å². The second kappa shape index (κ2) is 18.3. The fraction of sp³-hybridized carbons (Fsp3) is 0.119. The van der Waals surface area contributed by atoms with Gasteiger partial charge in [0.2, 0.25) is 0 Å². The van der Waals surface area contributed by atoms with Crippen LogP contribution in [0.1, 0.15) is 49.9 Å². The second-order valence-corrected chi connectivity index (χ2v) is 17.0. The number of rotatable bonds is 7. The Hall–Kier alpha value is -6.61. The molecule has 1 aliphatic rings. The zero-order chi connectivity index (χ0) is 42.3. The third-order valence-corrected chi connectivity index (χ3v) is 12.7. The number of fused-ring (bicyclic) bond motifs is 4. The molecular formula is C59H53NS. The lowest BCUT2D eigenvalue weighted by atomic mass is 9.81. The molecule has 1 nitrogen and oxygen atoms in total. The molecule has 9 aromatic carbocycles. The smallest absolute Gasteiger partial charge is 0.0543 e. The number of aryl methyl sites for hydroxylation is 2. The van der Waals surface area contributed by atoms with Gasteiger partial charge in [-0.2, -0.15) is 0 Å². The molecule has 0 N–H and O–H groups in total. The van der Waals surface area contributed by atoms with Gasteiger partial charge in [-0.1, -0.05) is 197 Å². The summed E-state index contributed by atoms with van der Waals surface area (Å²) in [6.45, 7) is 13.1. The molecule has 0 atom stereocenters. The summed E-state index contributed by atoms with van der Waals surface area (Å²) >= 11 is 1.82. The van der Waals surface area contributed by atoms with Gasteiger partial charge in [-0.25, -0.2) is 0 Å². The van der Waals surface area contributed by atoms with Crippen LogP contribution in [0.2, 0.25) is 0 Å². The molecule has 0 bridgehead atoms. The highest BCUT2D eigenvalue weighted by Gasteiger charge is 2.36. The van der Waals surface area contributed by atoms with Crippen LogP contribution in [0.15, 0.2) is 222 Å². The fourth-order valence-electron chi connectivity index (χ4n) is 8.51. The Morgan fingerprint density at radius 1 is 0.426 bits per heavy atom. The molecule has 0 radical (unpaired) electrons. The van der Waals surface area contributed by atoms with Gasteiger partial charge >= 0.3 is 0 Å². The Balaban J connectivity index is 0.000000515. The van der Waals surface area contributed by atoms with E-state index >= 15 is 0 Å². The lowest BCUT2D eigenvalue weighted by molar-refractivity contribution is 0.661. The first-order chi connectivity index (χ1) is 29.8. The quantitative estimate of drug-likeness (QED) is 0.158. The molecule has 0 aliphatic heterocycles. The number of nitrogens with zero attached hydrogens (tertiary/aromatic N) is 1. The van der Waals surface area contributed by atoms with E-state index in [-0.39, 0.29) is 5.41 Å². The van der Waals surface area contributed by atoms with Crippen molar-refractivity contribution in [1.29, 1.82) is 0 Å². The highest BCUT2D eigenvalue weighted by molar-refractivity contribution is 7.99. The summed E-state index contributed by atoms with van der Waals surface area (Å²) in [5.74, 6) is 0. The van der Waals surface area contributed by atoms with Gasteiger partial charge in [-0.15, -0.1) is 0 Å². The van der Waals surface area contributed by atoms with Crippen molar-refractivity contribution in [3.05, 3.63) is 235 Å². The SMILES string of the molecule is CC.Cc1cccc(N(c2ccc(-c3ccccc3)cc2)c2ccc3c(c2)C(C)(C)c2cc4ccccc4cc2-3)c1-c1ccccc1Sc1ccccc1.Cc1ccccc1. The molecule has 9 aromatic rings. The molecule has 10 rings (SSSR count). The lowest BCUT2D eigenvalue weighted by Crippen LogP contribution is -2.17. The van der Waals surface area contributed by atoms with Crippen molar-refractivity contribution in [1.82, 2.24) is 0 Å². The molecule has 0 fully saturated rings. The van der Waals surface area contributed by atoms with E-state index in [1.807, 2.05) is 43.8 Å². The van der Waals surface area contributed by atoms with E-state index in [1.165, 1.54) is 76.2 Å². The van der Waals surface area contributed by atoms with E-state index in [1.54, 1.807) is 0 Å². The highest BCUT2D eigenvalue weighted by Crippen LogP contribution is 2.53. The molecule has 0 amide bonds. The van der Waals surface area contributed by atoms with Crippen LogP contribution in [-0.2, 0) is 5.41 Å². The highest BCUT2D eigenvalue weighted by atomic mass is 32.2. The summed E-state index contributed by atoms with van der Waals surface area (Å²) in [4.78, 5) is 4.93. The van der Waals surface area contributed by atoms with Crippen molar-refractivity contribution in [2.75, 3.05) is 4.90 Å². The summed E-state index contributed by atoms with van der Waals surface area (Å²) in [6.07, 6.45) is 0. The van der Waals surface area contributed by atoms with Gasteiger partial charge in [0.1, 0.15) is 0 Å². The zero-order valence-corrected chi connectivity index (χ0v) is 36.9. The third-order valence-electron chi connectivity index (χ3n) is 11.6. The zero-order valence-electron chi connectivity index (χ0n) is 36.1. The number of hydrogen-bond acceptors (Lipinski definition) is 2. The van der Waals surface area contributed by atoms with Crippen LogP contribution < -0.4 is 4.90 Å². The minimum Gasteiger partial charge on any atom is -0.310 e. The Bertz CT molecular complexity index is 2880. The number of anilines is 3. The van der Waals surface area contributed by atoms with Gasteiger partial charge in [0.25, 0.3) is 0 Å². The minimum atomic E-state index is -0.151. The van der Waals surface area contributed by atoms with Crippen LogP contribution in [0.25, 0.3) is 44.2 Å². The summed E-state index contributed by atoms with van der Waals surface area (Å²) in [7, 11) is 0. The topological polar surface area (TPSA) is 3.24 Å². The standard InChI is InChI=1S/C50H39NS.C7H8.C2H6/c1-34-15-14-23-47(49(34)43-22-12-13-24-48(43)52-41-20-8-5-9-21-41)51(39-27-25-36(26-28-39)35-16-6-4-7-17-35)40-29-30-42-44-31-37-18-10-11-19-38(37)32-45(44)50(2,3)46(42)33-40;1-7-5-3-2-4-6-7;1-2/h4-33H,1-3H3;2-6H,1H3;1-2H3. The van der Waals surface area contributed by atoms with Crippen LogP contribution in [0.3, 0.4) is 0 Å². The van der Waals surface area contributed by atoms with E-state index in [0.717, 1.165) is 17.1 Å². The van der Waals surface area contributed by atoms with Crippen molar-refractivity contribution in [3.63, 3.8) is 0 Å². The first-order valence-electron chi connectivity index (χ1n) is 21.4. The van der Waals surface area contributed by atoms with E-state index in [4.69, 9.17) is 0 Å². The molecule has 0 aromatic heterocycles. The average molecular weight is 808 g/mol. The van der Waals surface area contributed by atoms with Crippen LogP contribution >= 0.6 is 11.8 Å². The molecule has 0 unspecified atom stereocenters. The van der Waals surface area contributed by atoms with Gasteiger partial charge < -0.3 is 4.90 Å². The number of benzene rings is 9. The van der Waals surface area contributed by atoms with Crippen LogP contribution in [0.5, 0.6) is 0 Å². The second-order valence-electron chi connectivity index (χ2n) is 15.9. The normalized spacial score (nSPS) is 12.0. The van der Waals surface area contributed by atoms with Crippen molar-refractivity contribution in [3.8, 4) is 33.4 Å². The van der Waals surface area contributed by atoms with Crippen LogP contribution in [0.4, 0.5) is 17.1 Å². The molecule has 1 aliphatic carbocycles. The van der Waals surface area contributed by atoms with Gasteiger partial charge in [0, 0.05) is 32.1 Å². The summed E-state index contributed by atoms with van der Waals surface area (Å²) in [6, 6.07) is 76.9. The average Bonchev–Trinajstić information content (AvgIpc) is 3.52. The summed E-state index contributed by atoms with van der Waals surface area (Å²) in [5, 5.41) is 2.57. The fourth-order valence-corrected chi connectivity index (χ4v) is 9.48. The lowest BCUT2D eigenvalue weighted by Gasteiger charge is -2.31. The molecule has 61 heavy (non-hydrogen) atoms. The molecule has 0 spiro atoms. The summed E-state index contributed by atoms with van der Waals surface area (Å²) in [5.41, 5.74) is 16.1. The van der Waals surface area contributed by atoms with Crippen molar-refractivity contribution < 1.29 is 0 Å². The maximum atomic E-state index is 2.47. The Kier molecular flexibility index (Phi) is 12.4. The summed E-state index contributed by atoms with van der Waals surface area (Å²) < 4.78 is 0. The molecule has 300 valence electrons. The molecule has 2 heteroatoms. The van der Waals surface area contributed by atoms with Crippen LogP contribution in [0, 0.1) is 13.8 Å². The van der Waals surface area contributed by atoms with Crippen LogP contribution in [-0.4, -0.2) is 0 Å². The Morgan fingerprint density at radius 3 is 1.66 bits per heavy atom. The molecular weight excluding hydrogens is 755 g/mol. The minimum absolute atomic E-state index is 0.151. The first-order valence-corrected chi connectivity index (χ1v) is 22.2.